The van der Waals surface area contributed by atoms with Gasteiger partial charge in [0, 0.05) is 46.3 Å². The van der Waals surface area contributed by atoms with Gasteiger partial charge in [-0.3, -0.25) is 19.5 Å². The maximum Gasteiger partial charge on any atom is 0.241 e. The summed E-state index contributed by atoms with van der Waals surface area (Å²) in [5.41, 5.74) is 4.85. The van der Waals surface area contributed by atoms with Gasteiger partial charge in [0.05, 0.1) is 12.1 Å². The van der Waals surface area contributed by atoms with E-state index < -0.39 is 5.54 Å². The van der Waals surface area contributed by atoms with Crippen molar-refractivity contribution in [3.05, 3.63) is 0 Å². The number of nitrogens with one attached hydrogen (secondary N) is 1. The van der Waals surface area contributed by atoms with Crippen LogP contribution in [0, 0.1) is 0 Å². The monoisotopic (exact) mass is 466 g/mol. The van der Waals surface area contributed by atoms with Crippen molar-refractivity contribution in [3.8, 4) is 0 Å². The zero-order valence-corrected chi connectivity index (χ0v) is 17.8. The van der Waals surface area contributed by atoms with Crippen LogP contribution in [0.2, 0.25) is 0 Å². The lowest BCUT2D eigenvalue weighted by Gasteiger charge is -2.43. The molecule has 8 nitrogen and oxygen atoms in total. The molecule has 2 aliphatic heterocycles. The topological polar surface area (TPSA) is 94.3 Å². The molecule has 25 heavy (non-hydrogen) atoms. The molecule has 0 aromatic carbocycles. The van der Waals surface area contributed by atoms with E-state index in [1.807, 2.05) is 18.7 Å². The van der Waals surface area contributed by atoms with E-state index in [0.717, 1.165) is 58.1 Å². The van der Waals surface area contributed by atoms with Crippen LogP contribution >= 0.6 is 24.0 Å². The Bertz CT molecular complexity index is 497. The van der Waals surface area contributed by atoms with Crippen LogP contribution in [0.3, 0.4) is 0 Å². The summed E-state index contributed by atoms with van der Waals surface area (Å²) in [4.78, 5) is 34.1. The number of rotatable bonds is 4. The number of amides is 2. The standard InChI is InChI=1S/C16H30N6O2.HI/c1-16(2,14(17)24)22-10-8-21(9-11-22)15(18-3)19-12-13(23)20-6-4-5-7-20;/h4-12H2,1-3H3,(H2,17,24)(H,18,19);1H. The number of nitrogens with two attached hydrogens (primary N) is 1. The number of hydrogen-bond donors (Lipinski definition) is 2. The molecule has 0 saturated carbocycles. The number of halogens is 1. The number of piperazine rings is 1. The smallest absolute Gasteiger partial charge is 0.241 e. The van der Waals surface area contributed by atoms with Gasteiger partial charge in [-0.2, -0.15) is 0 Å². The van der Waals surface area contributed by atoms with Gasteiger partial charge in [-0.1, -0.05) is 0 Å². The summed E-state index contributed by atoms with van der Waals surface area (Å²) in [6, 6.07) is 0. The molecule has 0 bridgehead atoms. The number of guanidine groups is 1. The maximum atomic E-state index is 12.1. The van der Waals surface area contributed by atoms with Gasteiger partial charge in [0.2, 0.25) is 11.8 Å². The second-order valence-electron chi connectivity index (χ2n) is 6.89. The predicted molar refractivity (Wildman–Crippen MR) is 109 cm³/mol. The highest BCUT2D eigenvalue weighted by Crippen LogP contribution is 2.16. The van der Waals surface area contributed by atoms with E-state index in [0.29, 0.717) is 0 Å². The van der Waals surface area contributed by atoms with Crippen LogP contribution in [0.5, 0.6) is 0 Å². The van der Waals surface area contributed by atoms with Gasteiger partial charge in [0.25, 0.3) is 0 Å². The number of nitrogens with zero attached hydrogens (tertiary/aromatic N) is 4. The Morgan fingerprint density at radius 1 is 1.04 bits per heavy atom. The van der Waals surface area contributed by atoms with Crippen LogP contribution in [0.25, 0.3) is 0 Å². The fourth-order valence-corrected chi connectivity index (χ4v) is 3.20. The number of carbonyl (C=O) groups is 2. The molecule has 144 valence electrons. The van der Waals surface area contributed by atoms with E-state index in [1.54, 1.807) is 7.05 Å². The summed E-state index contributed by atoms with van der Waals surface area (Å²) >= 11 is 0. The Kier molecular flexibility index (Phi) is 8.39. The lowest BCUT2D eigenvalue weighted by atomic mass is 10.0. The molecular weight excluding hydrogens is 435 g/mol. The van der Waals surface area contributed by atoms with Crippen molar-refractivity contribution in [1.82, 2.24) is 20.0 Å². The van der Waals surface area contributed by atoms with Crippen LogP contribution in [-0.4, -0.2) is 90.9 Å². The van der Waals surface area contributed by atoms with Gasteiger partial charge >= 0.3 is 0 Å². The molecule has 9 heteroatoms. The lowest BCUT2D eigenvalue weighted by Crippen LogP contribution is -2.61. The molecule has 2 amide bonds. The maximum absolute atomic E-state index is 12.1. The fraction of sp³-hybridized carbons (Fsp3) is 0.812. The molecule has 0 aliphatic carbocycles. The average Bonchev–Trinajstić information content (AvgIpc) is 3.10. The van der Waals surface area contributed by atoms with Crippen LogP contribution in [0.15, 0.2) is 4.99 Å². The van der Waals surface area contributed by atoms with E-state index in [1.165, 1.54) is 0 Å². The van der Waals surface area contributed by atoms with Crippen molar-refractivity contribution in [1.29, 1.82) is 0 Å². The summed E-state index contributed by atoms with van der Waals surface area (Å²) in [6.45, 7) is 8.66. The molecule has 0 unspecified atom stereocenters. The summed E-state index contributed by atoms with van der Waals surface area (Å²) in [5, 5.41) is 3.17. The van der Waals surface area contributed by atoms with Gasteiger partial charge in [0.1, 0.15) is 0 Å². The molecular formula is C16H31IN6O2. The summed E-state index contributed by atoms with van der Waals surface area (Å²) in [6.07, 6.45) is 2.19. The van der Waals surface area contributed by atoms with Gasteiger partial charge < -0.3 is 20.9 Å². The van der Waals surface area contributed by atoms with Gasteiger partial charge in [-0.05, 0) is 26.7 Å². The minimum atomic E-state index is -0.644. The van der Waals surface area contributed by atoms with E-state index >= 15 is 0 Å². The van der Waals surface area contributed by atoms with E-state index in [-0.39, 0.29) is 42.3 Å². The molecule has 0 atom stereocenters. The minimum absolute atomic E-state index is 0. The predicted octanol–water partition coefficient (Wildman–Crippen LogP) is -0.316. The van der Waals surface area contributed by atoms with Gasteiger partial charge in [-0.25, -0.2) is 0 Å². The number of hydrogen-bond acceptors (Lipinski definition) is 4. The van der Waals surface area contributed by atoms with Crippen molar-refractivity contribution in [2.24, 2.45) is 10.7 Å². The molecule has 2 aliphatic rings. The third kappa shape index (κ3) is 5.44. The first kappa shape index (κ1) is 21.9. The highest BCUT2D eigenvalue weighted by atomic mass is 127. The zero-order valence-electron chi connectivity index (χ0n) is 15.5. The summed E-state index contributed by atoms with van der Waals surface area (Å²) < 4.78 is 0. The first-order valence-electron chi connectivity index (χ1n) is 8.64. The normalized spacial score (nSPS) is 19.6. The summed E-state index contributed by atoms with van der Waals surface area (Å²) in [7, 11) is 1.72. The number of aliphatic imine (C=N–C) groups is 1. The Hall–Kier alpha value is -1.10. The first-order chi connectivity index (χ1) is 11.4. The largest absolute Gasteiger partial charge is 0.368 e. The van der Waals surface area contributed by atoms with Crippen LogP contribution in [0.4, 0.5) is 0 Å². The highest BCUT2D eigenvalue weighted by molar-refractivity contribution is 14.0. The third-order valence-corrected chi connectivity index (χ3v) is 5.04. The van der Waals surface area contributed by atoms with Gasteiger partial charge in [0.15, 0.2) is 5.96 Å². The average molecular weight is 466 g/mol. The second-order valence-corrected chi connectivity index (χ2v) is 6.89. The molecule has 2 saturated heterocycles. The highest BCUT2D eigenvalue weighted by Gasteiger charge is 2.35. The van der Waals surface area contributed by atoms with E-state index in [2.05, 4.69) is 20.1 Å². The van der Waals surface area contributed by atoms with Crippen molar-refractivity contribution < 1.29 is 9.59 Å². The lowest BCUT2D eigenvalue weighted by molar-refractivity contribution is -0.130. The van der Waals surface area contributed by atoms with E-state index in [4.69, 9.17) is 5.73 Å². The SMILES string of the molecule is CN=C(NCC(=O)N1CCCC1)N1CCN(C(C)(C)C(N)=O)CC1.I. The molecule has 3 N–H and O–H groups in total. The zero-order chi connectivity index (χ0) is 17.7. The molecule has 2 rings (SSSR count). The van der Waals surface area contributed by atoms with Crippen molar-refractivity contribution in [3.63, 3.8) is 0 Å². The van der Waals surface area contributed by atoms with Crippen LogP contribution < -0.4 is 11.1 Å². The fourth-order valence-electron chi connectivity index (χ4n) is 3.20. The first-order valence-corrected chi connectivity index (χ1v) is 8.64. The third-order valence-electron chi connectivity index (χ3n) is 5.04. The molecule has 0 radical (unpaired) electrons. The van der Waals surface area contributed by atoms with Gasteiger partial charge in [-0.15, -0.1) is 24.0 Å². The summed E-state index contributed by atoms with van der Waals surface area (Å²) in [5.74, 6) is 0.552. The van der Waals surface area contributed by atoms with Crippen molar-refractivity contribution in [2.45, 2.75) is 32.2 Å². The Balaban J connectivity index is 0.00000312. The van der Waals surface area contributed by atoms with Crippen molar-refractivity contribution >= 4 is 41.8 Å². The van der Waals surface area contributed by atoms with Crippen LogP contribution in [0.1, 0.15) is 26.7 Å². The molecule has 2 fully saturated rings. The van der Waals surface area contributed by atoms with Crippen molar-refractivity contribution in [2.75, 3.05) is 52.9 Å². The minimum Gasteiger partial charge on any atom is -0.368 e. The Labute approximate surface area is 167 Å². The molecule has 2 heterocycles. The number of primary amides is 1. The van der Waals surface area contributed by atoms with Crippen LogP contribution in [-0.2, 0) is 9.59 Å². The number of carbonyl (C=O) groups excluding carboxylic acids is 2. The quantitative estimate of drug-likeness (QED) is 0.337. The van der Waals surface area contributed by atoms with E-state index in [9.17, 15) is 9.59 Å². The second kappa shape index (κ2) is 9.56. The molecule has 0 aromatic rings. The molecule has 0 spiro atoms. The Morgan fingerprint density at radius 3 is 2.08 bits per heavy atom. The number of likely N-dealkylation sites (tertiary alicyclic amines) is 1. The Morgan fingerprint density at radius 2 is 1.60 bits per heavy atom. The molecule has 0 aromatic heterocycles.